The van der Waals surface area contributed by atoms with Crippen LogP contribution in [0.4, 0.5) is 0 Å². The molecule has 0 aromatic rings. The number of nitrogens with zero attached hydrogens (tertiary/aromatic N) is 1. The lowest BCUT2D eigenvalue weighted by Crippen LogP contribution is -2.41. The van der Waals surface area contributed by atoms with Crippen molar-refractivity contribution in [3.05, 3.63) is 0 Å². The fraction of sp³-hybridized carbons (Fsp3) is 1.00. The van der Waals surface area contributed by atoms with Crippen molar-refractivity contribution in [2.45, 2.75) is 76.7 Å². The quantitative estimate of drug-likeness (QED) is 0.737. The zero-order chi connectivity index (χ0) is 14.5. The summed E-state index contributed by atoms with van der Waals surface area (Å²) in [7, 11) is 0. The number of nitrogens with two attached hydrogens (primary N) is 1. The molecule has 0 aromatic heterocycles. The predicted molar refractivity (Wildman–Crippen MR) is 84.7 cm³/mol. The van der Waals surface area contributed by atoms with Gasteiger partial charge in [0, 0.05) is 6.54 Å². The largest absolute Gasteiger partial charge is 0.389 e. The van der Waals surface area contributed by atoms with Gasteiger partial charge < -0.3 is 15.7 Å². The minimum Gasteiger partial charge on any atom is -0.389 e. The lowest BCUT2D eigenvalue weighted by Gasteiger charge is -2.44. The summed E-state index contributed by atoms with van der Waals surface area (Å²) in [4.78, 5) is 2.64. The molecule has 1 aliphatic carbocycles. The lowest BCUT2D eigenvalue weighted by atomic mass is 9.68. The van der Waals surface area contributed by atoms with Crippen LogP contribution in [0.5, 0.6) is 0 Å². The van der Waals surface area contributed by atoms with Gasteiger partial charge >= 0.3 is 0 Å². The highest BCUT2D eigenvalue weighted by molar-refractivity contribution is 4.88. The minimum atomic E-state index is -0.659. The average Bonchev–Trinajstić information content (AvgIpc) is 2.47. The van der Waals surface area contributed by atoms with Crippen molar-refractivity contribution in [2.24, 2.45) is 11.1 Å². The van der Waals surface area contributed by atoms with Crippen LogP contribution in [-0.4, -0.2) is 41.8 Å². The molecule has 3 heteroatoms. The number of piperidine rings is 1. The molecular weight excluding hydrogens is 248 g/mol. The third-order valence-electron chi connectivity index (χ3n) is 5.71. The van der Waals surface area contributed by atoms with Gasteiger partial charge in [-0.05, 0) is 76.9 Å². The van der Waals surface area contributed by atoms with Crippen molar-refractivity contribution in [2.75, 3.05) is 26.2 Å². The van der Waals surface area contributed by atoms with Crippen molar-refractivity contribution in [1.29, 1.82) is 0 Å². The Balaban J connectivity index is 1.60. The van der Waals surface area contributed by atoms with Crippen LogP contribution in [-0.2, 0) is 0 Å². The molecule has 0 bridgehead atoms. The summed E-state index contributed by atoms with van der Waals surface area (Å²) >= 11 is 0. The highest BCUT2D eigenvalue weighted by Gasteiger charge is 2.35. The summed E-state index contributed by atoms with van der Waals surface area (Å²) in [5.74, 6) is 0. The van der Waals surface area contributed by atoms with E-state index in [2.05, 4.69) is 4.90 Å². The molecule has 2 fully saturated rings. The molecule has 1 saturated heterocycles. The number of hydrogen-bond acceptors (Lipinski definition) is 3. The van der Waals surface area contributed by atoms with Crippen LogP contribution in [0.15, 0.2) is 0 Å². The van der Waals surface area contributed by atoms with E-state index in [1.807, 2.05) is 6.92 Å². The number of unbranched alkanes of at least 4 members (excludes halogenated alkanes) is 1. The van der Waals surface area contributed by atoms with Gasteiger partial charge in [-0.3, -0.25) is 0 Å². The summed E-state index contributed by atoms with van der Waals surface area (Å²) < 4.78 is 0. The molecule has 1 aliphatic heterocycles. The second kappa shape index (κ2) is 7.24. The lowest BCUT2D eigenvalue weighted by molar-refractivity contribution is 0.0511. The van der Waals surface area contributed by atoms with Gasteiger partial charge in [0.05, 0.1) is 5.60 Å². The normalized spacial score (nSPS) is 26.6. The zero-order valence-corrected chi connectivity index (χ0v) is 13.4. The van der Waals surface area contributed by atoms with E-state index in [-0.39, 0.29) is 0 Å². The molecule has 1 heterocycles. The first-order chi connectivity index (χ1) is 9.55. The fourth-order valence-electron chi connectivity index (χ4n) is 4.00. The molecule has 2 aliphatic rings. The molecule has 3 N–H and O–H groups in total. The Morgan fingerprint density at radius 2 is 1.70 bits per heavy atom. The topological polar surface area (TPSA) is 49.5 Å². The number of hydrogen-bond donors (Lipinski definition) is 2. The monoisotopic (exact) mass is 282 g/mol. The van der Waals surface area contributed by atoms with Gasteiger partial charge in [-0.15, -0.1) is 0 Å². The van der Waals surface area contributed by atoms with Crippen LogP contribution in [0.3, 0.4) is 0 Å². The SMILES string of the molecule is CC(O)(CN)CCCCN1CCC2(CCCCC2)CC1. The summed E-state index contributed by atoms with van der Waals surface area (Å²) in [5, 5.41) is 9.89. The summed E-state index contributed by atoms with van der Waals surface area (Å²) in [5.41, 5.74) is 5.61. The van der Waals surface area contributed by atoms with Gasteiger partial charge in [-0.25, -0.2) is 0 Å². The maximum Gasteiger partial charge on any atom is 0.0741 e. The fourth-order valence-corrected chi connectivity index (χ4v) is 4.00. The van der Waals surface area contributed by atoms with E-state index in [0.717, 1.165) is 18.3 Å². The van der Waals surface area contributed by atoms with Crippen LogP contribution < -0.4 is 5.73 Å². The van der Waals surface area contributed by atoms with Crippen LogP contribution >= 0.6 is 0 Å². The van der Waals surface area contributed by atoms with E-state index >= 15 is 0 Å². The third-order valence-corrected chi connectivity index (χ3v) is 5.71. The Morgan fingerprint density at radius 1 is 1.05 bits per heavy atom. The van der Waals surface area contributed by atoms with Crippen LogP contribution in [0, 0.1) is 5.41 Å². The molecule has 1 unspecified atom stereocenters. The molecule has 20 heavy (non-hydrogen) atoms. The minimum absolute atomic E-state index is 0.374. The van der Waals surface area contributed by atoms with Crippen molar-refractivity contribution in [1.82, 2.24) is 4.90 Å². The molecular formula is C17H34N2O. The first kappa shape index (κ1) is 16.3. The molecule has 1 saturated carbocycles. The third kappa shape index (κ3) is 4.71. The first-order valence-electron chi connectivity index (χ1n) is 8.70. The molecule has 2 rings (SSSR count). The molecule has 0 amide bonds. The van der Waals surface area contributed by atoms with E-state index in [0.29, 0.717) is 6.54 Å². The van der Waals surface area contributed by atoms with Crippen LogP contribution in [0.2, 0.25) is 0 Å². The Labute approximate surface area is 124 Å². The summed E-state index contributed by atoms with van der Waals surface area (Å²) in [6.07, 6.45) is 13.3. The van der Waals surface area contributed by atoms with E-state index in [4.69, 9.17) is 5.73 Å². The molecule has 0 radical (unpaired) electrons. The Kier molecular flexibility index (Phi) is 5.88. The Hall–Kier alpha value is -0.120. The van der Waals surface area contributed by atoms with Gasteiger partial charge in [0.25, 0.3) is 0 Å². The second-order valence-electron chi connectivity index (χ2n) is 7.56. The summed E-state index contributed by atoms with van der Waals surface area (Å²) in [6, 6.07) is 0. The smallest absolute Gasteiger partial charge is 0.0741 e. The Bertz CT molecular complexity index is 275. The maximum atomic E-state index is 9.89. The van der Waals surface area contributed by atoms with Gasteiger partial charge in [0.15, 0.2) is 0 Å². The summed E-state index contributed by atoms with van der Waals surface area (Å²) in [6.45, 7) is 6.03. The van der Waals surface area contributed by atoms with Crippen molar-refractivity contribution in [3.8, 4) is 0 Å². The molecule has 0 aromatic carbocycles. The van der Waals surface area contributed by atoms with Crippen LogP contribution in [0.1, 0.15) is 71.1 Å². The second-order valence-corrected chi connectivity index (χ2v) is 7.56. The number of likely N-dealkylation sites (tertiary alicyclic amines) is 1. The van der Waals surface area contributed by atoms with Gasteiger partial charge in [-0.2, -0.15) is 0 Å². The van der Waals surface area contributed by atoms with E-state index in [1.54, 1.807) is 0 Å². The molecule has 3 nitrogen and oxygen atoms in total. The van der Waals surface area contributed by atoms with Crippen molar-refractivity contribution in [3.63, 3.8) is 0 Å². The number of rotatable bonds is 6. The highest BCUT2D eigenvalue weighted by Crippen LogP contribution is 2.44. The van der Waals surface area contributed by atoms with Gasteiger partial charge in [-0.1, -0.05) is 19.3 Å². The molecule has 1 atom stereocenters. The van der Waals surface area contributed by atoms with Crippen molar-refractivity contribution >= 4 is 0 Å². The van der Waals surface area contributed by atoms with Crippen molar-refractivity contribution < 1.29 is 5.11 Å². The van der Waals surface area contributed by atoms with E-state index in [1.165, 1.54) is 71.0 Å². The van der Waals surface area contributed by atoms with E-state index < -0.39 is 5.60 Å². The zero-order valence-electron chi connectivity index (χ0n) is 13.4. The number of aliphatic hydroxyl groups is 1. The Morgan fingerprint density at radius 3 is 2.30 bits per heavy atom. The highest BCUT2D eigenvalue weighted by atomic mass is 16.3. The standard InChI is InChI=1S/C17H34N2O/c1-16(20,15-18)7-5-6-12-19-13-10-17(11-14-19)8-3-2-4-9-17/h20H,2-15,18H2,1H3. The molecule has 118 valence electrons. The molecule has 1 spiro atoms. The predicted octanol–water partition coefficient (Wildman–Crippen LogP) is 2.91. The van der Waals surface area contributed by atoms with Gasteiger partial charge in [0.1, 0.15) is 0 Å². The average molecular weight is 282 g/mol. The first-order valence-corrected chi connectivity index (χ1v) is 8.70. The van der Waals surface area contributed by atoms with Gasteiger partial charge in [0.2, 0.25) is 0 Å². The van der Waals surface area contributed by atoms with E-state index in [9.17, 15) is 5.11 Å². The maximum absolute atomic E-state index is 9.89. The van der Waals surface area contributed by atoms with Crippen LogP contribution in [0.25, 0.3) is 0 Å².